The van der Waals surface area contributed by atoms with Crippen molar-refractivity contribution < 1.29 is 10.2 Å². The Bertz CT molecular complexity index is 1060. The van der Waals surface area contributed by atoms with Crippen molar-refractivity contribution in [3.05, 3.63) is 71.7 Å². The SMILES string of the molecule is Cn1c(C(O)NCc2ccccc2CO)cc2ccc(-c3cn[nH]c3)nc21. The summed E-state index contributed by atoms with van der Waals surface area (Å²) in [6, 6.07) is 13.5. The Morgan fingerprint density at radius 3 is 2.74 bits per heavy atom. The van der Waals surface area contributed by atoms with Crippen molar-refractivity contribution >= 4 is 11.0 Å². The Hall–Kier alpha value is -3.00. The van der Waals surface area contributed by atoms with Crippen molar-refractivity contribution in [2.45, 2.75) is 19.4 Å². The number of nitrogens with one attached hydrogen (secondary N) is 2. The van der Waals surface area contributed by atoms with E-state index in [4.69, 9.17) is 4.98 Å². The van der Waals surface area contributed by atoms with Crippen molar-refractivity contribution in [3.8, 4) is 11.3 Å². The summed E-state index contributed by atoms with van der Waals surface area (Å²) in [6.45, 7) is 0.426. The Balaban J connectivity index is 1.58. The van der Waals surface area contributed by atoms with Gasteiger partial charge in [0.05, 0.1) is 24.2 Å². The maximum atomic E-state index is 10.6. The quantitative estimate of drug-likeness (QED) is 0.394. The molecule has 4 rings (SSSR count). The van der Waals surface area contributed by atoms with Crippen molar-refractivity contribution in [1.29, 1.82) is 0 Å². The normalized spacial score (nSPS) is 12.6. The minimum absolute atomic E-state index is 0.0251. The van der Waals surface area contributed by atoms with Crippen LogP contribution in [0.15, 0.2) is 54.9 Å². The van der Waals surface area contributed by atoms with Crippen LogP contribution < -0.4 is 5.32 Å². The zero-order valence-electron chi connectivity index (χ0n) is 14.9. The van der Waals surface area contributed by atoms with Gasteiger partial charge in [-0.3, -0.25) is 10.4 Å². The van der Waals surface area contributed by atoms with E-state index in [2.05, 4.69) is 15.5 Å². The van der Waals surface area contributed by atoms with Gasteiger partial charge in [0.25, 0.3) is 0 Å². The first-order valence-electron chi connectivity index (χ1n) is 8.72. The fraction of sp³-hybridized carbons (Fsp3) is 0.200. The largest absolute Gasteiger partial charge is 0.392 e. The lowest BCUT2D eigenvalue weighted by Gasteiger charge is -2.15. The van der Waals surface area contributed by atoms with Gasteiger partial charge in [-0.2, -0.15) is 5.10 Å². The topological polar surface area (TPSA) is 99.0 Å². The summed E-state index contributed by atoms with van der Waals surface area (Å²) in [5.74, 6) is 0. The molecule has 7 nitrogen and oxygen atoms in total. The number of rotatable bonds is 6. The Morgan fingerprint density at radius 2 is 2.00 bits per heavy atom. The highest BCUT2D eigenvalue weighted by atomic mass is 16.3. The molecule has 0 fully saturated rings. The number of aromatic nitrogens is 4. The molecule has 1 unspecified atom stereocenters. The molecule has 1 atom stereocenters. The lowest BCUT2D eigenvalue weighted by Crippen LogP contribution is -2.23. The molecule has 0 radical (unpaired) electrons. The van der Waals surface area contributed by atoms with Gasteiger partial charge < -0.3 is 14.8 Å². The molecular formula is C20H21N5O2. The lowest BCUT2D eigenvalue weighted by atomic mass is 10.1. The highest BCUT2D eigenvalue weighted by Crippen LogP contribution is 2.25. The van der Waals surface area contributed by atoms with Gasteiger partial charge >= 0.3 is 0 Å². The number of hydrogen-bond donors (Lipinski definition) is 4. The predicted octanol–water partition coefficient (Wildman–Crippen LogP) is 2.24. The molecule has 3 heterocycles. The molecular weight excluding hydrogens is 342 g/mol. The van der Waals surface area contributed by atoms with Crippen LogP contribution in [0.1, 0.15) is 23.0 Å². The number of hydrogen-bond acceptors (Lipinski definition) is 5. The summed E-state index contributed by atoms with van der Waals surface area (Å²) in [7, 11) is 1.89. The van der Waals surface area contributed by atoms with Crippen LogP contribution in [0.5, 0.6) is 0 Å². The third-order valence-electron chi connectivity index (χ3n) is 4.76. The van der Waals surface area contributed by atoms with Crippen molar-refractivity contribution in [2.75, 3.05) is 0 Å². The van der Waals surface area contributed by atoms with Gasteiger partial charge in [-0.05, 0) is 29.3 Å². The number of benzene rings is 1. The van der Waals surface area contributed by atoms with Crippen LogP contribution in [0.3, 0.4) is 0 Å². The Kier molecular flexibility index (Phi) is 4.72. The molecule has 4 N–H and O–H groups in total. The molecule has 27 heavy (non-hydrogen) atoms. The molecule has 3 aromatic heterocycles. The summed E-state index contributed by atoms with van der Waals surface area (Å²) >= 11 is 0. The predicted molar refractivity (Wildman–Crippen MR) is 102 cm³/mol. The van der Waals surface area contributed by atoms with Crippen LogP contribution in [0.2, 0.25) is 0 Å². The van der Waals surface area contributed by atoms with E-state index in [9.17, 15) is 10.2 Å². The van der Waals surface area contributed by atoms with Crippen LogP contribution in [-0.4, -0.2) is 30.0 Å². The molecule has 1 aromatic carbocycles. The van der Waals surface area contributed by atoms with Gasteiger partial charge in [0.2, 0.25) is 0 Å². The standard InChI is InChI=1S/C20H21N5O2/c1-25-18(20(27)21-9-14-4-2-3-5-15(14)12-26)8-13-6-7-17(24-19(13)25)16-10-22-23-11-16/h2-8,10-11,20-21,26-27H,9,12H2,1H3,(H,22,23). The minimum atomic E-state index is -0.853. The number of aromatic amines is 1. The second-order valence-electron chi connectivity index (χ2n) is 6.43. The first-order valence-corrected chi connectivity index (χ1v) is 8.72. The van der Waals surface area contributed by atoms with Crippen LogP contribution in [0.25, 0.3) is 22.3 Å². The number of pyridine rings is 1. The Labute approximate surface area is 156 Å². The average Bonchev–Trinajstić information content (AvgIpc) is 3.35. The summed E-state index contributed by atoms with van der Waals surface area (Å²) in [4.78, 5) is 4.70. The first kappa shape index (κ1) is 17.4. The summed E-state index contributed by atoms with van der Waals surface area (Å²) in [6.07, 6.45) is 2.67. The van der Waals surface area contributed by atoms with Gasteiger partial charge in [0, 0.05) is 30.7 Å². The second-order valence-corrected chi connectivity index (χ2v) is 6.43. The van der Waals surface area contributed by atoms with E-state index in [1.165, 1.54) is 0 Å². The molecule has 0 bridgehead atoms. The number of nitrogens with zero attached hydrogens (tertiary/aromatic N) is 3. The van der Waals surface area contributed by atoms with Gasteiger partial charge in [-0.25, -0.2) is 4.98 Å². The number of aliphatic hydroxyl groups is 2. The molecule has 0 saturated carbocycles. The monoisotopic (exact) mass is 363 g/mol. The van der Waals surface area contributed by atoms with Gasteiger partial charge in [-0.15, -0.1) is 0 Å². The number of H-pyrrole nitrogens is 1. The number of aliphatic hydroxyl groups excluding tert-OH is 2. The van der Waals surface area contributed by atoms with Gasteiger partial charge in [-0.1, -0.05) is 24.3 Å². The molecule has 0 aliphatic rings. The van der Waals surface area contributed by atoms with E-state index in [0.29, 0.717) is 6.54 Å². The highest BCUT2D eigenvalue weighted by Gasteiger charge is 2.16. The van der Waals surface area contributed by atoms with Crippen molar-refractivity contribution in [2.24, 2.45) is 7.05 Å². The fourth-order valence-corrected chi connectivity index (χ4v) is 3.23. The minimum Gasteiger partial charge on any atom is -0.392 e. The highest BCUT2D eigenvalue weighted by molar-refractivity contribution is 5.80. The van der Waals surface area contributed by atoms with E-state index in [0.717, 1.165) is 39.1 Å². The molecule has 0 aliphatic heterocycles. The van der Waals surface area contributed by atoms with E-state index in [-0.39, 0.29) is 6.61 Å². The van der Waals surface area contributed by atoms with E-state index >= 15 is 0 Å². The van der Waals surface area contributed by atoms with E-state index < -0.39 is 6.23 Å². The lowest BCUT2D eigenvalue weighted by molar-refractivity contribution is 0.129. The molecule has 0 spiro atoms. The van der Waals surface area contributed by atoms with E-state index in [1.54, 1.807) is 12.4 Å². The third kappa shape index (κ3) is 3.35. The molecule has 4 aromatic rings. The van der Waals surface area contributed by atoms with Gasteiger partial charge in [0.1, 0.15) is 11.9 Å². The van der Waals surface area contributed by atoms with Crippen LogP contribution in [0, 0.1) is 0 Å². The van der Waals surface area contributed by atoms with Crippen LogP contribution in [-0.2, 0) is 20.2 Å². The molecule has 0 amide bonds. The average molecular weight is 363 g/mol. The number of fused-ring (bicyclic) bond motifs is 1. The zero-order chi connectivity index (χ0) is 18.8. The maximum absolute atomic E-state index is 10.6. The Morgan fingerprint density at radius 1 is 1.19 bits per heavy atom. The maximum Gasteiger partial charge on any atom is 0.146 e. The summed E-state index contributed by atoms with van der Waals surface area (Å²) in [5.41, 5.74) is 5.06. The molecule has 7 heteroatoms. The summed E-state index contributed by atoms with van der Waals surface area (Å²) in [5, 5.41) is 30.9. The third-order valence-corrected chi connectivity index (χ3v) is 4.76. The van der Waals surface area contributed by atoms with Crippen LogP contribution >= 0.6 is 0 Å². The molecule has 0 saturated heterocycles. The van der Waals surface area contributed by atoms with Crippen molar-refractivity contribution in [3.63, 3.8) is 0 Å². The zero-order valence-corrected chi connectivity index (χ0v) is 14.9. The van der Waals surface area contributed by atoms with Gasteiger partial charge in [0.15, 0.2) is 0 Å². The molecule has 138 valence electrons. The number of aryl methyl sites for hydroxylation is 1. The van der Waals surface area contributed by atoms with E-state index in [1.807, 2.05) is 54.1 Å². The summed E-state index contributed by atoms with van der Waals surface area (Å²) < 4.78 is 1.88. The first-order chi connectivity index (χ1) is 13.2. The smallest absolute Gasteiger partial charge is 0.146 e. The molecule has 0 aliphatic carbocycles. The second kappa shape index (κ2) is 7.32. The van der Waals surface area contributed by atoms with Crippen LogP contribution in [0.4, 0.5) is 0 Å². The van der Waals surface area contributed by atoms with Crippen molar-refractivity contribution in [1.82, 2.24) is 25.1 Å². The fourth-order valence-electron chi connectivity index (χ4n) is 3.23.